The summed E-state index contributed by atoms with van der Waals surface area (Å²) in [5, 5.41) is 14.3. The maximum Gasteiger partial charge on any atom is 0.315 e. The molecule has 5 nitrogen and oxygen atoms in total. The van der Waals surface area contributed by atoms with Crippen LogP contribution in [0.5, 0.6) is 5.75 Å². The smallest absolute Gasteiger partial charge is 0.315 e. The van der Waals surface area contributed by atoms with E-state index in [-0.39, 0.29) is 24.8 Å². The van der Waals surface area contributed by atoms with Gasteiger partial charge in [0.15, 0.2) is 0 Å². The fourth-order valence-corrected chi connectivity index (χ4v) is 2.11. The highest BCUT2D eigenvalue weighted by molar-refractivity contribution is 5.74. The number of urea groups is 1. The van der Waals surface area contributed by atoms with Crippen LogP contribution in [0.1, 0.15) is 18.9 Å². The number of ether oxygens (including phenoxy) is 1. The number of para-hydroxylation sites is 1. The zero-order chi connectivity index (χ0) is 13.7. The van der Waals surface area contributed by atoms with Crippen molar-refractivity contribution in [1.82, 2.24) is 10.6 Å². The number of carbonyl (C=O) groups is 1. The van der Waals surface area contributed by atoms with Crippen LogP contribution in [0.15, 0.2) is 24.3 Å². The van der Waals surface area contributed by atoms with Crippen molar-refractivity contribution < 1.29 is 14.6 Å². The van der Waals surface area contributed by atoms with E-state index in [4.69, 9.17) is 9.84 Å². The first-order chi connectivity index (χ1) is 9.19. The third-order valence-corrected chi connectivity index (χ3v) is 3.14. The van der Waals surface area contributed by atoms with Crippen molar-refractivity contribution in [1.29, 1.82) is 0 Å². The molecule has 3 N–H and O–H groups in total. The molecule has 0 aromatic heterocycles. The molecule has 2 atom stereocenters. The Balaban J connectivity index is 1.72. The summed E-state index contributed by atoms with van der Waals surface area (Å²) in [7, 11) is 0. The summed E-state index contributed by atoms with van der Waals surface area (Å²) in [5.41, 5.74) is 1.18. The lowest BCUT2D eigenvalue weighted by molar-refractivity contribution is 0.209. The van der Waals surface area contributed by atoms with Crippen LogP contribution < -0.4 is 15.4 Å². The molecule has 104 valence electrons. The summed E-state index contributed by atoms with van der Waals surface area (Å²) in [6, 6.07) is 7.66. The van der Waals surface area contributed by atoms with E-state index in [1.165, 1.54) is 5.56 Å². The number of amides is 2. The van der Waals surface area contributed by atoms with Gasteiger partial charge in [0, 0.05) is 19.1 Å². The van der Waals surface area contributed by atoms with E-state index in [1.807, 2.05) is 31.2 Å². The quantitative estimate of drug-likeness (QED) is 0.744. The van der Waals surface area contributed by atoms with Crippen LogP contribution in [0.4, 0.5) is 4.79 Å². The number of hydrogen-bond acceptors (Lipinski definition) is 3. The summed E-state index contributed by atoms with van der Waals surface area (Å²) < 4.78 is 5.73. The van der Waals surface area contributed by atoms with Crippen LogP contribution in [0.25, 0.3) is 0 Å². The molecule has 1 aliphatic heterocycles. The van der Waals surface area contributed by atoms with Gasteiger partial charge in [-0.05, 0) is 25.0 Å². The van der Waals surface area contributed by atoms with Crippen LogP contribution in [-0.4, -0.2) is 36.4 Å². The zero-order valence-electron chi connectivity index (χ0n) is 11.1. The second-order valence-corrected chi connectivity index (χ2v) is 4.82. The zero-order valence-corrected chi connectivity index (χ0v) is 11.1. The fraction of sp³-hybridized carbons (Fsp3) is 0.500. The molecule has 0 saturated carbocycles. The van der Waals surface area contributed by atoms with Crippen LogP contribution >= 0.6 is 0 Å². The second-order valence-electron chi connectivity index (χ2n) is 4.82. The number of benzene rings is 1. The predicted molar refractivity (Wildman–Crippen MR) is 72.3 cm³/mol. The molecule has 2 amide bonds. The van der Waals surface area contributed by atoms with Crippen molar-refractivity contribution in [3.05, 3.63) is 29.8 Å². The maximum absolute atomic E-state index is 11.6. The van der Waals surface area contributed by atoms with Crippen molar-refractivity contribution in [2.24, 2.45) is 0 Å². The van der Waals surface area contributed by atoms with Gasteiger partial charge in [-0.15, -0.1) is 0 Å². The lowest BCUT2D eigenvalue weighted by atomic mass is 10.1. The van der Waals surface area contributed by atoms with Gasteiger partial charge in [0.05, 0.1) is 6.54 Å². The minimum atomic E-state index is -0.222. The highest BCUT2D eigenvalue weighted by Gasteiger charge is 2.22. The first kappa shape index (κ1) is 13.7. The van der Waals surface area contributed by atoms with Gasteiger partial charge in [-0.2, -0.15) is 0 Å². The largest absolute Gasteiger partial charge is 0.488 e. The Bertz CT molecular complexity index is 411. The van der Waals surface area contributed by atoms with E-state index in [2.05, 4.69) is 10.6 Å². The molecule has 1 unspecified atom stereocenters. The highest BCUT2D eigenvalue weighted by atomic mass is 16.5. The molecule has 2 rings (SSSR count). The SMILES string of the molecule is C[C@H](CCO)NC(=O)NCC1Cc2ccccc2O1. The number of rotatable bonds is 5. The molecule has 1 aromatic rings. The third-order valence-electron chi connectivity index (χ3n) is 3.14. The Morgan fingerprint density at radius 2 is 2.32 bits per heavy atom. The lowest BCUT2D eigenvalue weighted by Crippen LogP contribution is -2.44. The fourth-order valence-electron chi connectivity index (χ4n) is 2.11. The molecular formula is C14H20N2O3. The molecule has 1 heterocycles. The monoisotopic (exact) mass is 264 g/mol. The second kappa shape index (κ2) is 6.43. The summed E-state index contributed by atoms with van der Waals surface area (Å²) in [4.78, 5) is 11.6. The van der Waals surface area contributed by atoms with E-state index < -0.39 is 0 Å². The Hall–Kier alpha value is -1.75. The minimum absolute atomic E-state index is 0.00343. The first-order valence-electron chi connectivity index (χ1n) is 6.59. The number of aliphatic hydroxyl groups excluding tert-OH is 1. The number of nitrogens with one attached hydrogen (secondary N) is 2. The van der Waals surface area contributed by atoms with E-state index in [1.54, 1.807) is 0 Å². The van der Waals surface area contributed by atoms with Gasteiger partial charge < -0.3 is 20.5 Å². The molecule has 0 aliphatic carbocycles. The standard InChI is InChI=1S/C14H20N2O3/c1-10(6-7-17)16-14(18)15-9-12-8-11-4-2-3-5-13(11)19-12/h2-5,10,12,17H,6-9H2,1H3,(H2,15,16,18)/t10-,12?/m1/s1. The number of fused-ring (bicyclic) bond motifs is 1. The van der Waals surface area contributed by atoms with Gasteiger partial charge in [0.2, 0.25) is 0 Å². The topological polar surface area (TPSA) is 70.6 Å². The Morgan fingerprint density at radius 3 is 3.05 bits per heavy atom. The summed E-state index contributed by atoms with van der Waals surface area (Å²) >= 11 is 0. The first-order valence-corrected chi connectivity index (χ1v) is 6.59. The Kier molecular flexibility index (Phi) is 4.63. The average Bonchev–Trinajstić information content (AvgIpc) is 2.79. The molecular weight excluding hydrogens is 244 g/mol. The van der Waals surface area contributed by atoms with Crippen molar-refractivity contribution in [2.45, 2.75) is 31.9 Å². The van der Waals surface area contributed by atoms with Gasteiger partial charge in [-0.25, -0.2) is 4.79 Å². The van der Waals surface area contributed by atoms with Gasteiger partial charge >= 0.3 is 6.03 Å². The lowest BCUT2D eigenvalue weighted by Gasteiger charge is -2.15. The summed E-state index contributed by atoms with van der Waals surface area (Å²) in [6.45, 7) is 2.41. The van der Waals surface area contributed by atoms with Crippen LogP contribution in [-0.2, 0) is 6.42 Å². The Labute approximate surface area is 113 Å². The average molecular weight is 264 g/mol. The molecule has 1 aromatic carbocycles. The van der Waals surface area contributed by atoms with Gasteiger partial charge in [0.25, 0.3) is 0 Å². The van der Waals surface area contributed by atoms with Crippen molar-refractivity contribution in [3.8, 4) is 5.75 Å². The van der Waals surface area contributed by atoms with E-state index in [0.717, 1.165) is 12.2 Å². The van der Waals surface area contributed by atoms with E-state index >= 15 is 0 Å². The van der Waals surface area contributed by atoms with Crippen LogP contribution in [0, 0.1) is 0 Å². The normalized spacial score (nSPS) is 18.3. The van der Waals surface area contributed by atoms with E-state index in [0.29, 0.717) is 13.0 Å². The number of carbonyl (C=O) groups excluding carboxylic acids is 1. The minimum Gasteiger partial charge on any atom is -0.488 e. The predicted octanol–water partition coefficient (Wildman–Crippen LogP) is 1.06. The molecule has 19 heavy (non-hydrogen) atoms. The van der Waals surface area contributed by atoms with Crippen molar-refractivity contribution in [3.63, 3.8) is 0 Å². The number of hydrogen-bond donors (Lipinski definition) is 3. The van der Waals surface area contributed by atoms with Crippen LogP contribution in [0.3, 0.4) is 0 Å². The Morgan fingerprint density at radius 1 is 1.53 bits per heavy atom. The summed E-state index contributed by atoms with van der Waals surface area (Å²) in [5.74, 6) is 0.906. The molecule has 0 saturated heterocycles. The van der Waals surface area contributed by atoms with Crippen molar-refractivity contribution in [2.75, 3.05) is 13.2 Å². The van der Waals surface area contributed by atoms with E-state index in [9.17, 15) is 4.79 Å². The van der Waals surface area contributed by atoms with Crippen molar-refractivity contribution >= 4 is 6.03 Å². The van der Waals surface area contributed by atoms with Gasteiger partial charge in [-0.3, -0.25) is 0 Å². The molecule has 0 radical (unpaired) electrons. The third kappa shape index (κ3) is 3.86. The maximum atomic E-state index is 11.6. The molecule has 0 fully saturated rings. The molecule has 0 bridgehead atoms. The number of aliphatic hydroxyl groups is 1. The van der Waals surface area contributed by atoms with Gasteiger partial charge in [0.1, 0.15) is 11.9 Å². The van der Waals surface area contributed by atoms with Crippen LogP contribution in [0.2, 0.25) is 0 Å². The summed E-state index contributed by atoms with van der Waals surface area (Å²) in [6.07, 6.45) is 1.37. The highest BCUT2D eigenvalue weighted by Crippen LogP contribution is 2.27. The molecule has 5 heteroatoms. The van der Waals surface area contributed by atoms with Gasteiger partial charge in [-0.1, -0.05) is 18.2 Å². The molecule has 1 aliphatic rings. The molecule has 0 spiro atoms.